The van der Waals surface area contributed by atoms with Crippen molar-refractivity contribution in [2.45, 2.75) is 24.0 Å². The summed E-state index contributed by atoms with van der Waals surface area (Å²) in [5.41, 5.74) is 6.71. The zero-order valence-electron chi connectivity index (χ0n) is 29.8. The molecular weight excluding hydrogens is 699 g/mol. The van der Waals surface area contributed by atoms with Crippen molar-refractivity contribution < 1.29 is 14.4 Å². The number of thiazole rings is 1. The molecule has 3 amide bonds. The zero-order chi connectivity index (χ0) is 37.3. The standard InChI is InChI=1S/C43H39N5O3S2/c1-28-15-19-31(20-16-28)38-29(2)52-43(46-38)47-42(51)39(32-11-7-5-8-12-32)53-36-25-21-34(22-26-36)44-41(50)37(45-40(49)33-13-9-6-10-14-33)27-30-17-23-35(24-18-30)48(3)4/h5-27,39H,1-4H3,(H,44,50)(H,45,49)(H,46,47,51)/b37-27-. The van der Waals surface area contributed by atoms with E-state index in [1.807, 2.05) is 118 Å². The maximum atomic E-state index is 13.8. The molecule has 6 rings (SSSR count). The number of aryl methyl sites for hydroxylation is 2. The molecule has 5 aromatic carbocycles. The second-order valence-corrected chi connectivity index (χ2v) is 14.9. The van der Waals surface area contributed by atoms with Gasteiger partial charge in [0, 0.05) is 46.4 Å². The summed E-state index contributed by atoms with van der Waals surface area (Å²) in [5.74, 6) is -1.06. The van der Waals surface area contributed by atoms with E-state index in [9.17, 15) is 14.4 Å². The van der Waals surface area contributed by atoms with Crippen LogP contribution >= 0.6 is 23.1 Å². The summed E-state index contributed by atoms with van der Waals surface area (Å²) in [7, 11) is 3.91. The van der Waals surface area contributed by atoms with Crippen LogP contribution in [0, 0.1) is 13.8 Å². The van der Waals surface area contributed by atoms with Crippen LogP contribution in [-0.4, -0.2) is 36.8 Å². The van der Waals surface area contributed by atoms with Crippen LogP contribution in [0.2, 0.25) is 0 Å². The Hall–Kier alpha value is -5.97. The highest BCUT2D eigenvalue weighted by Crippen LogP contribution is 2.38. The fraction of sp³-hybridized carbons (Fsp3) is 0.116. The van der Waals surface area contributed by atoms with Crippen molar-refractivity contribution in [3.63, 3.8) is 0 Å². The van der Waals surface area contributed by atoms with E-state index in [0.717, 1.165) is 37.8 Å². The quantitative estimate of drug-likeness (QED) is 0.0855. The van der Waals surface area contributed by atoms with Crippen molar-refractivity contribution >= 4 is 63.4 Å². The molecule has 6 aromatic rings. The average molecular weight is 738 g/mol. The van der Waals surface area contributed by atoms with Gasteiger partial charge in [-0.2, -0.15) is 0 Å². The molecule has 0 saturated heterocycles. The number of hydrogen-bond donors (Lipinski definition) is 3. The van der Waals surface area contributed by atoms with Crippen molar-refractivity contribution in [2.24, 2.45) is 0 Å². The van der Waals surface area contributed by atoms with E-state index in [4.69, 9.17) is 4.98 Å². The topological polar surface area (TPSA) is 103 Å². The summed E-state index contributed by atoms with van der Waals surface area (Å²) in [4.78, 5) is 49.2. The van der Waals surface area contributed by atoms with Gasteiger partial charge < -0.3 is 20.9 Å². The van der Waals surface area contributed by atoms with Gasteiger partial charge in [0.15, 0.2) is 5.13 Å². The lowest BCUT2D eigenvalue weighted by Gasteiger charge is -2.17. The van der Waals surface area contributed by atoms with Crippen molar-refractivity contribution in [1.82, 2.24) is 10.3 Å². The Balaban J connectivity index is 1.18. The summed E-state index contributed by atoms with van der Waals surface area (Å²) in [6, 6.07) is 41.5. The first kappa shape index (κ1) is 36.8. The van der Waals surface area contributed by atoms with Crippen molar-refractivity contribution in [2.75, 3.05) is 29.6 Å². The second kappa shape index (κ2) is 17.0. The third-order valence-electron chi connectivity index (χ3n) is 8.31. The Morgan fingerprint density at radius 1 is 0.755 bits per heavy atom. The van der Waals surface area contributed by atoms with Gasteiger partial charge >= 0.3 is 0 Å². The van der Waals surface area contributed by atoms with Gasteiger partial charge in [0.25, 0.3) is 11.8 Å². The SMILES string of the molecule is Cc1ccc(-c2nc(NC(=O)C(Sc3ccc(NC(=O)/C(=C/c4ccc(N(C)C)cc4)NC(=O)c4ccccc4)cc3)c3ccccc3)sc2C)cc1. The third-order valence-corrected chi connectivity index (χ3v) is 10.5. The van der Waals surface area contributed by atoms with Crippen LogP contribution in [-0.2, 0) is 9.59 Å². The molecule has 0 radical (unpaired) electrons. The minimum absolute atomic E-state index is 0.0960. The Morgan fingerprint density at radius 2 is 1.40 bits per heavy atom. The Labute approximate surface area is 318 Å². The van der Waals surface area contributed by atoms with Crippen LogP contribution in [0.15, 0.2) is 144 Å². The number of anilines is 3. The van der Waals surface area contributed by atoms with E-state index in [1.54, 1.807) is 42.5 Å². The van der Waals surface area contributed by atoms with Crippen LogP contribution in [0.1, 0.15) is 37.2 Å². The van der Waals surface area contributed by atoms with Crippen LogP contribution < -0.4 is 20.9 Å². The molecule has 0 spiro atoms. The van der Waals surface area contributed by atoms with Gasteiger partial charge in [-0.1, -0.05) is 90.5 Å². The predicted octanol–water partition coefficient (Wildman–Crippen LogP) is 9.37. The minimum atomic E-state index is -0.565. The van der Waals surface area contributed by atoms with Crippen LogP contribution in [0.3, 0.4) is 0 Å². The van der Waals surface area contributed by atoms with Gasteiger partial charge in [-0.3, -0.25) is 14.4 Å². The van der Waals surface area contributed by atoms with Gasteiger partial charge in [-0.25, -0.2) is 4.98 Å². The van der Waals surface area contributed by atoms with Crippen molar-refractivity contribution in [3.8, 4) is 11.3 Å². The van der Waals surface area contributed by atoms with E-state index >= 15 is 0 Å². The highest BCUT2D eigenvalue weighted by Gasteiger charge is 2.24. The molecule has 1 heterocycles. The Kier molecular flexibility index (Phi) is 11.8. The van der Waals surface area contributed by atoms with E-state index < -0.39 is 17.1 Å². The number of aromatic nitrogens is 1. The van der Waals surface area contributed by atoms with Gasteiger partial charge in [0.2, 0.25) is 5.91 Å². The number of carbonyl (C=O) groups is 3. The fourth-order valence-corrected chi connectivity index (χ4v) is 7.29. The van der Waals surface area contributed by atoms with Crippen LogP contribution in [0.5, 0.6) is 0 Å². The zero-order valence-corrected chi connectivity index (χ0v) is 31.4. The summed E-state index contributed by atoms with van der Waals surface area (Å²) >= 11 is 2.85. The van der Waals surface area contributed by atoms with Gasteiger partial charge in [0.05, 0.1) is 5.69 Å². The molecule has 0 bridgehead atoms. The molecule has 0 saturated carbocycles. The number of amides is 3. The summed E-state index contributed by atoms with van der Waals surface area (Å²) in [6.45, 7) is 4.05. The third kappa shape index (κ3) is 9.68. The average Bonchev–Trinajstić information content (AvgIpc) is 3.54. The lowest BCUT2D eigenvalue weighted by molar-refractivity contribution is -0.116. The number of rotatable bonds is 12. The number of nitrogens with zero attached hydrogens (tertiary/aromatic N) is 2. The first-order chi connectivity index (χ1) is 25.6. The summed E-state index contributed by atoms with van der Waals surface area (Å²) < 4.78 is 0. The molecule has 10 heteroatoms. The van der Waals surface area contributed by atoms with Crippen LogP contribution in [0.4, 0.5) is 16.5 Å². The summed E-state index contributed by atoms with van der Waals surface area (Å²) in [6.07, 6.45) is 1.65. The molecule has 266 valence electrons. The smallest absolute Gasteiger partial charge is 0.272 e. The molecule has 0 fully saturated rings. The first-order valence-electron chi connectivity index (χ1n) is 17.0. The Morgan fingerprint density at radius 3 is 2.04 bits per heavy atom. The van der Waals surface area contributed by atoms with Crippen molar-refractivity contribution in [1.29, 1.82) is 0 Å². The normalized spacial score (nSPS) is 11.7. The number of carbonyl (C=O) groups excluding carboxylic acids is 3. The molecule has 53 heavy (non-hydrogen) atoms. The number of hydrogen-bond acceptors (Lipinski definition) is 7. The molecule has 1 atom stereocenters. The summed E-state index contributed by atoms with van der Waals surface area (Å²) in [5, 5.41) is 8.74. The largest absolute Gasteiger partial charge is 0.378 e. The van der Waals surface area contributed by atoms with E-state index in [1.165, 1.54) is 28.7 Å². The minimum Gasteiger partial charge on any atom is -0.378 e. The van der Waals surface area contributed by atoms with Gasteiger partial charge in [-0.15, -0.1) is 23.1 Å². The molecule has 0 aliphatic carbocycles. The van der Waals surface area contributed by atoms with E-state index in [2.05, 4.69) is 28.1 Å². The molecule has 0 aliphatic rings. The molecular formula is C43H39N5O3S2. The predicted molar refractivity (Wildman–Crippen MR) is 218 cm³/mol. The molecule has 0 aliphatic heterocycles. The fourth-order valence-electron chi connectivity index (χ4n) is 5.43. The number of thioether (sulfide) groups is 1. The second-order valence-electron chi connectivity index (χ2n) is 12.5. The Bertz CT molecular complexity index is 2220. The monoisotopic (exact) mass is 737 g/mol. The maximum Gasteiger partial charge on any atom is 0.272 e. The lowest BCUT2D eigenvalue weighted by atomic mass is 10.1. The van der Waals surface area contributed by atoms with E-state index in [-0.39, 0.29) is 11.6 Å². The van der Waals surface area contributed by atoms with Gasteiger partial charge in [0.1, 0.15) is 10.9 Å². The molecule has 1 unspecified atom stereocenters. The lowest BCUT2D eigenvalue weighted by Crippen LogP contribution is -2.30. The number of benzene rings is 5. The molecule has 3 N–H and O–H groups in total. The van der Waals surface area contributed by atoms with E-state index in [0.29, 0.717) is 16.4 Å². The number of nitrogens with one attached hydrogen (secondary N) is 3. The molecule has 1 aromatic heterocycles. The maximum absolute atomic E-state index is 13.8. The highest BCUT2D eigenvalue weighted by molar-refractivity contribution is 8.00. The van der Waals surface area contributed by atoms with Gasteiger partial charge in [-0.05, 0) is 79.6 Å². The van der Waals surface area contributed by atoms with Crippen LogP contribution in [0.25, 0.3) is 17.3 Å². The first-order valence-corrected chi connectivity index (χ1v) is 18.7. The molecule has 8 nitrogen and oxygen atoms in total. The highest BCUT2D eigenvalue weighted by atomic mass is 32.2. The van der Waals surface area contributed by atoms with Crippen molar-refractivity contribution in [3.05, 3.63) is 166 Å².